The first-order valence-corrected chi connectivity index (χ1v) is 9.20. The normalized spacial score (nSPS) is 29.2. The summed E-state index contributed by atoms with van der Waals surface area (Å²) in [7, 11) is -1.70. The van der Waals surface area contributed by atoms with Gasteiger partial charge in [0.05, 0.1) is 25.7 Å². The number of carbonyl (C=O) groups is 1. The highest BCUT2D eigenvalue weighted by Crippen LogP contribution is 2.37. The van der Waals surface area contributed by atoms with Crippen LogP contribution in [0, 0.1) is 0 Å². The van der Waals surface area contributed by atoms with Crippen LogP contribution in [0.25, 0.3) is 0 Å². The van der Waals surface area contributed by atoms with E-state index in [4.69, 9.17) is 9.16 Å². The van der Waals surface area contributed by atoms with Gasteiger partial charge in [0, 0.05) is 0 Å². The molecule has 4 nitrogen and oxygen atoms in total. The Morgan fingerprint density at radius 3 is 2.59 bits per heavy atom. The van der Waals surface area contributed by atoms with Crippen molar-refractivity contribution in [3.05, 3.63) is 0 Å². The van der Waals surface area contributed by atoms with E-state index in [-0.39, 0.29) is 23.3 Å². The molecule has 0 aromatic heterocycles. The maximum atomic E-state index is 11.2. The number of ether oxygens (including phenoxy) is 1. The van der Waals surface area contributed by atoms with E-state index >= 15 is 0 Å². The third-order valence-corrected chi connectivity index (χ3v) is 8.70. The van der Waals surface area contributed by atoms with E-state index < -0.39 is 8.32 Å². The minimum atomic E-state index is -1.70. The average molecular weight is 257 g/mol. The van der Waals surface area contributed by atoms with Gasteiger partial charge in [-0.05, 0) is 18.1 Å². The van der Waals surface area contributed by atoms with Gasteiger partial charge in [-0.15, -0.1) is 0 Å². The maximum Gasteiger partial charge on any atom is 0.229 e. The Kier molecular flexibility index (Phi) is 3.12. The zero-order chi connectivity index (χ0) is 12.8. The van der Waals surface area contributed by atoms with Crippen LogP contribution in [0.4, 0.5) is 0 Å². The third-order valence-electron chi connectivity index (χ3n) is 4.20. The quantitative estimate of drug-likeness (QED) is 0.573. The predicted molar refractivity (Wildman–Crippen MR) is 68.1 cm³/mol. The second-order valence-electron chi connectivity index (χ2n) is 6.53. The largest absolute Gasteiger partial charge is 0.414 e. The van der Waals surface area contributed by atoms with Gasteiger partial charge in [0.25, 0.3) is 0 Å². The molecule has 5 heteroatoms. The monoisotopic (exact) mass is 257 g/mol. The lowest BCUT2D eigenvalue weighted by molar-refractivity contribution is -0.156. The molecule has 0 bridgehead atoms. The molecule has 0 unspecified atom stereocenters. The van der Waals surface area contributed by atoms with E-state index in [9.17, 15) is 4.79 Å². The van der Waals surface area contributed by atoms with E-state index in [1.807, 2.05) is 0 Å². The molecule has 0 aromatic rings. The number of rotatable bonds is 3. The number of carbonyl (C=O) groups excluding carboxylic acids is 1. The molecule has 0 radical (unpaired) electrons. The fourth-order valence-corrected chi connectivity index (χ4v) is 2.90. The van der Waals surface area contributed by atoms with Gasteiger partial charge in [0.2, 0.25) is 5.91 Å². The van der Waals surface area contributed by atoms with Gasteiger partial charge >= 0.3 is 0 Å². The Labute approximate surface area is 104 Å². The number of nitrogens with zero attached hydrogens (tertiary/aromatic N) is 1. The molecule has 1 amide bonds. The Balaban J connectivity index is 1.82. The van der Waals surface area contributed by atoms with E-state index in [0.29, 0.717) is 19.6 Å². The van der Waals surface area contributed by atoms with Crippen molar-refractivity contribution < 1.29 is 14.0 Å². The van der Waals surface area contributed by atoms with Gasteiger partial charge in [0.15, 0.2) is 8.32 Å². The topological polar surface area (TPSA) is 38.8 Å². The van der Waals surface area contributed by atoms with Gasteiger partial charge in [-0.2, -0.15) is 0 Å². The molecular formula is C12H23NO3Si. The average Bonchev–Trinajstić information content (AvgIpc) is 2.50. The fourth-order valence-electron chi connectivity index (χ4n) is 1.86. The van der Waals surface area contributed by atoms with Crippen LogP contribution in [0.5, 0.6) is 0 Å². The van der Waals surface area contributed by atoms with Gasteiger partial charge in [-0.25, -0.2) is 0 Å². The Bertz CT molecular complexity index is 324. The molecule has 0 aliphatic carbocycles. The van der Waals surface area contributed by atoms with Crippen molar-refractivity contribution in [2.24, 2.45) is 0 Å². The van der Waals surface area contributed by atoms with Crippen LogP contribution in [-0.2, 0) is 14.0 Å². The van der Waals surface area contributed by atoms with Crippen LogP contribution < -0.4 is 0 Å². The second-order valence-corrected chi connectivity index (χ2v) is 11.3. The van der Waals surface area contributed by atoms with Crippen LogP contribution in [0.3, 0.4) is 0 Å². The van der Waals surface area contributed by atoms with Gasteiger partial charge in [0.1, 0.15) is 6.23 Å². The molecule has 2 rings (SSSR count). The molecule has 98 valence electrons. The minimum Gasteiger partial charge on any atom is -0.414 e. The van der Waals surface area contributed by atoms with Gasteiger partial charge in [-0.1, -0.05) is 20.8 Å². The molecule has 17 heavy (non-hydrogen) atoms. The van der Waals surface area contributed by atoms with Gasteiger partial charge < -0.3 is 14.1 Å². The summed E-state index contributed by atoms with van der Waals surface area (Å²) in [6.45, 7) is 12.5. The summed E-state index contributed by atoms with van der Waals surface area (Å²) in [6, 6.07) is 0. The first-order valence-electron chi connectivity index (χ1n) is 6.29. The lowest BCUT2D eigenvalue weighted by Crippen LogP contribution is -2.48. The molecule has 2 saturated heterocycles. The Morgan fingerprint density at radius 2 is 2.12 bits per heavy atom. The summed E-state index contributed by atoms with van der Waals surface area (Å²) >= 11 is 0. The summed E-state index contributed by atoms with van der Waals surface area (Å²) in [6.07, 6.45) is 0.660. The summed E-state index contributed by atoms with van der Waals surface area (Å²) in [4.78, 5) is 13.0. The number of hydrogen-bond acceptors (Lipinski definition) is 3. The van der Waals surface area contributed by atoms with Crippen molar-refractivity contribution in [2.45, 2.75) is 57.7 Å². The number of hydrogen-bond donors (Lipinski definition) is 0. The lowest BCUT2D eigenvalue weighted by atomic mass is 10.2. The number of amides is 1. The highest BCUT2D eigenvalue weighted by molar-refractivity contribution is 6.74. The van der Waals surface area contributed by atoms with E-state index in [1.165, 1.54) is 0 Å². The van der Waals surface area contributed by atoms with Crippen LogP contribution in [0.1, 0.15) is 27.2 Å². The molecule has 0 N–H and O–H groups in total. The fraction of sp³-hybridized carbons (Fsp3) is 0.917. The highest BCUT2D eigenvalue weighted by Gasteiger charge is 2.46. The van der Waals surface area contributed by atoms with Crippen LogP contribution in [0.15, 0.2) is 0 Å². The summed E-state index contributed by atoms with van der Waals surface area (Å²) < 4.78 is 11.9. The van der Waals surface area contributed by atoms with Crippen LogP contribution in [-0.4, -0.2) is 44.6 Å². The molecule has 2 aliphatic rings. The van der Waals surface area contributed by atoms with Gasteiger partial charge in [-0.3, -0.25) is 4.79 Å². The summed E-state index contributed by atoms with van der Waals surface area (Å²) in [5, 5.41) is 0.223. The summed E-state index contributed by atoms with van der Waals surface area (Å²) in [5.41, 5.74) is 0. The molecule has 2 atom stereocenters. The van der Waals surface area contributed by atoms with Crippen molar-refractivity contribution in [1.29, 1.82) is 0 Å². The molecule has 0 saturated carbocycles. The smallest absolute Gasteiger partial charge is 0.229 e. The van der Waals surface area contributed by atoms with Crippen molar-refractivity contribution in [3.63, 3.8) is 0 Å². The SMILES string of the molecule is CC(C)(C)[Si](C)(C)OC[C@H]1CN2C(=O)C[C@H]2O1. The predicted octanol–water partition coefficient (Wildman–Crippen LogP) is 1.97. The molecule has 0 aromatic carbocycles. The molecule has 2 heterocycles. The number of fused-ring (bicyclic) bond motifs is 1. The second kappa shape index (κ2) is 4.07. The maximum absolute atomic E-state index is 11.2. The zero-order valence-corrected chi connectivity index (χ0v) is 12.4. The van der Waals surface area contributed by atoms with Crippen molar-refractivity contribution in [1.82, 2.24) is 4.90 Å². The van der Waals surface area contributed by atoms with Crippen molar-refractivity contribution in [3.8, 4) is 0 Å². The Morgan fingerprint density at radius 1 is 1.47 bits per heavy atom. The first-order chi connectivity index (χ1) is 7.71. The van der Waals surface area contributed by atoms with E-state index in [2.05, 4.69) is 33.9 Å². The van der Waals surface area contributed by atoms with Crippen LogP contribution >= 0.6 is 0 Å². The van der Waals surface area contributed by atoms with Crippen LogP contribution in [0.2, 0.25) is 18.1 Å². The van der Waals surface area contributed by atoms with E-state index in [1.54, 1.807) is 4.90 Å². The summed E-state index contributed by atoms with van der Waals surface area (Å²) in [5.74, 6) is 0.213. The van der Waals surface area contributed by atoms with E-state index in [0.717, 1.165) is 0 Å². The minimum absolute atomic E-state index is 0.0375. The Hall–Kier alpha value is -0.393. The molecule has 2 aliphatic heterocycles. The molecule has 0 spiro atoms. The standard InChI is InChI=1S/C12H23NO3Si/c1-12(2,3)17(4,5)15-8-9-7-13-10(14)6-11(13)16-9/h9,11H,6-8H2,1-5H3/t9-,11-/m1/s1. The zero-order valence-electron chi connectivity index (χ0n) is 11.4. The third kappa shape index (κ3) is 2.41. The van der Waals surface area contributed by atoms with Crippen molar-refractivity contribution in [2.75, 3.05) is 13.2 Å². The first kappa shape index (κ1) is 13.0. The van der Waals surface area contributed by atoms with Crippen molar-refractivity contribution >= 4 is 14.2 Å². The molecule has 2 fully saturated rings. The lowest BCUT2D eigenvalue weighted by Gasteiger charge is -2.36. The number of β-lactam (4-membered cyclic amide) rings is 1. The molecular weight excluding hydrogens is 234 g/mol. The highest BCUT2D eigenvalue weighted by atomic mass is 28.4.